The number of aliphatic hydroxyl groups excluding tert-OH is 1. The lowest BCUT2D eigenvalue weighted by atomic mass is 9.73. The fourth-order valence-electron chi connectivity index (χ4n) is 2.86. The average molecular weight is 304 g/mol. The fourth-order valence-corrected chi connectivity index (χ4v) is 2.99. The normalized spacial score (nSPS) is 22.2. The van der Waals surface area contributed by atoms with Crippen molar-refractivity contribution in [2.75, 3.05) is 13.2 Å². The van der Waals surface area contributed by atoms with Crippen molar-refractivity contribution in [2.45, 2.75) is 12.5 Å². The molecule has 1 aliphatic heterocycles. The number of benzene rings is 2. The van der Waals surface area contributed by atoms with Crippen LogP contribution in [0.1, 0.15) is 17.2 Å². The summed E-state index contributed by atoms with van der Waals surface area (Å²) in [6, 6.07) is 15.1. The summed E-state index contributed by atoms with van der Waals surface area (Å²) in [6.45, 7) is 0.759. The Kier molecular flexibility index (Phi) is 3.89. The van der Waals surface area contributed by atoms with Crippen LogP contribution in [0.5, 0.6) is 5.75 Å². The zero-order valence-corrected chi connectivity index (χ0v) is 12.4. The average Bonchev–Trinajstić information content (AvgIpc) is 2.54. The second-order valence-corrected chi connectivity index (χ2v) is 6.03. The van der Waals surface area contributed by atoms with E-state index in [-0.39, 0.29) is 0 Å². The highest BCUT2D eigenvalue weighted by Crippen LogP contribution is 2.42. The molecule has 1 aliphatic rings. The Labute approximate surface area is 129 Å². The molecule has 0 bridgehead atoms. The van der Waals surface area contributed by atoms with Crippen LogP contribution in [0.4, 0.5) is 0 Å². The maximum Gasteiger partial charge on any atom is 0.122 e. The van der Waals surface area contributed by atoms with Crippen LogP contribution in [-0.2, 0) is 6.42 Å². The van der Waals surface area contributed by atoms with Gasteiger partial charge in [-0.15, -0.1) is 0 Å². The van der Waals surface area contributed by atoms with Crippen LogP contribution in [0.25, 0.3) is 0 Å². The van der Waals surface area contributed by atoms with E-state index in [4.69, 9.17) is 22.1 Å². The molecule has 0 saturated carbocycles. The minimum atomic E-state index is -0.687. The predicted molar refractivity (Wildman–Crippen MR) is 83.5 cm³/mol. The number of fused-ring (bicyclic) bond motifs is 1. The molecule has 0 radical (unpaired) electrons. The van der Waals surface area contributed by atoms with Gasteiger partial charge in [0, 0.05) is 11.6 Å². The third kappa shape index (κ3) is 2.64. The summed E-state index contributed by atoms with van der Waals surface area (Å²) in [4.78, 5) is 0. The largest absolute Gasteiger partial charge is 0.493 e. The van der Waals surface area contributed by atoms with Crippen molar-refractivity contribution >= 4 is 11.6 Å². The molecule has 2 aromatic rings. The number of para-hydroxylation sites is 1. The molecule has 0 aliphatic carbocycles. The van der Waals surface area contributed by atoms with Crippen LogP contribution in [0.2, 0.25) is 5.02 Å². The van der Waals surface area contributed by atoms with Crippen molar-refractivity contribution in [3.63, 3.8) is 0 Å². The summed E-state index contributed by atoms with van der Waals surface area (Å²) in [5.74, 6) is 0.880. The van der Waals surface area contributed by atoms with Crippen LogP contribution in [-0.4, -0.2) is 18.3 Å². The Hall–Kier alpha value is -1.55. The summed E-state index contributed by atoms with van der Waals surface area (Å²) in [5, 5.41) is 11.5. The molecule has 2 unspecified atom stereocenters. The van der Waals surface area contributed by atoms with Gasteiger partial charge in [0.25, 0.3) is 0 Å². The van der Waals surface area contributed by atoms with E-state index in [1.54, 1.807) is 12.1 Å². The zero-order chi connectivity index (χ0) is 14.9. The smallest absolute Gasteiger partial charge is 0.122 e. The Bertz CT molecular complexity index is 629. The summed E-state index contributed by atoms with van der Waals surface area (Å²) in [7, 11) is 0. The molecule has 3 N–H and O–H groups in total. The van der Waals surface area contributed by atoms with Gasteiger partial charge < -0.3 is 15.6 Å². The van der Waals surface area contributed by atoms with Crippen molar-refractivity contribution in [1.29, 1.82) is 0 Å². The van der Waals surface area contributed by atoms with E-state index in [9.17, 15) is 5.11 Å². The fraction of sp³-hybridized carbons (Fsp3) is 0.294. The maximum atomic E-state index is 10.8. The summed E-state index contributed by atoms with van der Waals surface area (Å²) >= 11 is 5.91. The minimum Gasteiger partial charge on any atom is -0.493 e. The number of ether oxygens (including phenoxy) is 1. The highest BCUT2D eigenvalue weighted by Gasteiger charge is 2.42. The topological polar surface area (TPSA) is 55.5 Å². The van der Waals surface area contributed by atoms with Gasteiger partial charge in [0.2, 0.25) is 0 Å². The summed E-state index contributed by atoms with van der Waals surface area (Å²) in [5.41, 5.74) is 7.38. The van der Waals surface area contributed by atoms with E-state index >= 15 is 0 Å². The van der Waals surface area contributed by atoms with Crippen LogP contribution in [0, 0.1) is 5.41 Å². The van der Waals surface area contributed by atoms with Crippen LogP contribution in [0.3, 0.4) is 0 Å². The van der Waals surface area contributed by atoms with E-state index in [1.807, 2.05) is 36.4 Å². The Morgan fingerprint density at radius 2 is 1.90 bits per heavy atom. The lowest BCUT2D eigenvalue weighted by Crippen LogP contribution is -2.46. The minimum absolute atomic E-state index is 0.352. The Balaban J connectivity index is 1.93. The monoisotopic (exact) mass is 303 g/mol. The van der Waals surface area contributed by atoms with Crippen molar-refractivity contribution in [1.82, 2.24) is 0 Å². The SMILES string of the molecule is NCC1(C(O)c2ccc(Cl)cc2)COc2ccccc2C1. The van der Waals surface area contributed by atoms with E-state index in [0.717, 1.165) is 16.9 Å². The molecule has 110 valence electrons. The molecule has 3 nitrogen and oxygen atoms in total. The predicted octanol–water partition coefficient (Wildman–Crippen LogP) is 2.95. The van der Waals surface area contributed by atoms with Crippen LogP contribution in [0.15, 0.2) is 48.5 Å². The van der Waals surface area contributed by atoms with Crippen molar-refractivity contribution in [2.24, 2.45) is 11.1 Å². The van der Waals surface area contributed by atoms with Crippen molar-refractivity contribution < 1.29 is 9.84 Å². The summed E-state index contributed by atoms with van der Waals surface area (Å²) < 4.78 is 5.83. The van der Waals surface area contributed by atoms with Gasteiger partial charge in [0.1, 0.15) is 5.75 Å². The molecule has 0 saturated heterocycles. The maximum absolute atomic E-state index is 10.8. The van der Waals surface area contributed by atoms with Gasteiger partial charge in [-0.25, -0.2) is 0 Å². The molecular formula is C17H18ClNO2. The highest BCUT2D eigenvalue weighted by atomic mass is 35.5. The first-order valence-corrected chi connectivity index (χ1v) is 7.37. The van der Waals surface area contributed by atoms with Gasteiger partial charge in [0.05, 0.1) is 18.1 Å². The number of aliphatic hydroxyl groups is 1. The molecule has 4 heteroatoms. The van der Waals surface area contributed by atoms with Crippen molar-refractivity contribution in [3.05, 3.63) is 64.7 Å². The molecule has 0 aromatic heterocycles. The van der Waals surface area contributed by atoms with Gasteiger partial charge in [-0.05, 0) is 35.7 Å². The molecular weight excluding hydrogens is 286 g/mol. The highest BCUT2D eigenvalue weighted by molar-refractivity contribution is 6.30. The quantitative estimate of drug-likeness (QED) is 0.916. The second-order valence-electron chi connectivity index (χ2n) is 5.59. The molecule has 2 aromatic carbocycles. The van der Waals surface area contributed by atoms with Crippen LogP contribution < -0.4 is 10.5 Å². The van der Waals surface area contributed by atoms with Gasteiger partial charge in [-0.1, -0.05) is 41.9 Å². The Morgan fingerprint density at radius 1 is 1.19 bits per heavy atom. The Morgan fingerprint density at radius 3 is 2.62 bits per heavy atom. The van der Waals surface area contributed by atoms with Crippen LogP contribution >= 0.6 is 11.6 Å². The van der Waals surface area contributed by atoms with Gasteiger partial charge >= 0.3 is 0 Å². The van der Waals surface area contributed by atoms with E-state index in [1.165, 1.54) is 0 Å². The molecule has 2 atom stereocenters. The first-order chi connectivity index (χ1) is 10.1. The molecule has 0 spiro atoms. The van der Waals surface area contributed by atoms with Gasteiger partial charge in [0.15, 0.2) is 0 Å². The number of halogens is 1. The molecule has 0 amide bonds. The number of nitrogens with two attached hydrogens (primary N) is 1. The molecule has 3 rings (SSSR count). The van der Waals surface area contributed by atoms with Gasteiger partial charge in [-0.2, -0.15) is 0 Å². The molecule has 1 heterocycles. The summed E-state index contributed by atoms with van der Waals surface area (Å²) in [6.07, 6.45) is 0.0110. The lowest BCUT2D eigenvalue weighted by Gasteiger charge is -2.40. The van der Waals surface area contributed by atoms with E-state index in [2.05, 4.69) is 0 Å². The standard InChI is InChI=1S/C17H18ClNO2/c18-14-7-5-12(6-8-14)16(20)17(10-19)9-13-3-1-2-4-15(13)21-11-17/h1-8,16,20H,9-11,19H2. The lowest BCUT2D eigenvalue weighted by molar-refractivity contribution is -0.0161. The number of hydrogen-bond acceptors (Lipinski definition) is 3. The molecule has 0 fully saturated rings. The number of rotatable bonds is 3. The molecule has 21 heavy (non-hydrogen) atoms. The first-order valence-electron chi connectivity index (χ1n) is 6.99. The third-order valence-corrected chi connectivity index (χ3v) is 4.45. The second kappa shape index (κ2) is 5.68. The first kappa shape index (κ1) is 14.4. The van der Waals surface area contributed by atoms with E-state index in [0.29, 0.717) is 24.6 Å². The van der Waals surface area contributed by atoms with Crippen molar-refractivity contribution in [3.8, 4) is 5.75 Å². The zero-order valence-electron chi connectivity index (χ0n) is 11.6. The van der Waals surface area contributed by atoms with E-state index < -0.39 is 11.5 Å². The third-order valence-electron chi connectivity index (χ3n) is 4.20. The number of hydrogen-bond donors (Lipinski definition) is 2. The van der Waals surface area contributed by atoms with Gasteiger partial charge in [-0.3, -0.25) is 0 Å².